The van der Waals surface area contributed by atoms with E-state index in [-0.39, 0.29) is 23.7 Å². The molecule has 0 heterocycles. The lowest BCUT2D eigenvalue weighted by Crippen LogP contribution is -2.41. The molecule has 1 aliphatic rings. The molecule has 26 heavy (non-hydrogen) atoms. The minimum atomic E-state index is -1.05. The minimum absolute atomic E-state index is 0.202. The highest BCUT2D eigenvalue weighted by Gasteiger charge is 2.45. The molecule has 0 aromatic heterocycles. The molecule has 0 radical (unpaired) electrons. The van der Waals surface area contributed by atoms with E-state index in [1.54, 1.807) is 31.2 Å². The van der Waals surface area contributed by atoms with Gasteiger partial charge in [-0.1, -0.05) is 54.6 Å². The number of aliphatic hydroxyl groups is 1. The molecule has 2 aromatic carbocycles. The predicted molar refractivity (Wildman–Crippen MR) is 97.0 cm³/mol. The summed E-state index contributed by atoms with van der Waals surface area (Å²) in [6.07, 6.45) is 0. The van der Waals surface area contributed by atoms with Crippen molar-refractivity contribution in [3.8, 4) is 0 Å². The highest BCUT2D eigenvalue weighted by Crippen LogP contribution is 2.44. The third-order valence-electron chi connectivity index (χ3n) is 4.72. The molecule has 0 saturated carbocycles. The summed E-state index contributed by atoms with van der Waals surface area (Å²) < 4.78 is 0. The fourth-order valence-electron chi connectivity index (χ4n) is 3.30. The Morgan fingerprint density at radius 2 is 1.65 bits per heavy atom. The number of benzene rings is 2. The average Bonchev–Trinajstić information content (AvgIpc) is 2.65. The number of nitrogens with one attached hydrogen (secondary N) is 1. The molecule has 0 unspecified atom stereocenters. The van der Waals surface area contributed by atoms with Crippen LogP contribution in [0.1, 0.15) is 35.3 Å². The van der Waals surface area contributed by atoms with Gasteiger partial charge in [-0.15, -0.1) is 0 Å². The largest absolute Gasteiger partial charge is 0.510 e. The Balaban J connectivity index is 2.22. The zero-order valence-electron chi connectivity index (χ0n) is 14.6. The number of fused-ring (bicyclic) bond motifs is 1. The number of amides is 1. The maximum atomic E-state index is 12.9. The maximum absolute atomic E-state index is 12.9. The number of hydrogen-bond donors (Lipinski definition) is 2. The summed E-state index contributed by atoms with van der Waals surface area (Å²) in [6, 6.07) is 16.1. The number of hydrogen-bond acceptors (Lipinski definition) is 4. The first-order chi connectivity index (χ1) is 12.4. The number of Topliss-reactive ketones (excluding diaryl/α,β-unsaturated/α-hetero) is 2. The summed E-state index contributed by atoms with van der Waals surface area (Å²) in [5.41, 5.74) is 0.390. The molecule has 0 saturated heterocycles. The summed E-state index contributed by atoms with van der Waals surface area (Å²) in [6.45, 7) is 2.91. The van der Waals surface area contributed by atoms with Gasteiger partial charge in [-0.2, -0.15) is 0 Å². The van der Waals surface area contributed by atoms with E-state index in [9.17, 15) is 19.5 Å². The molecule has 1 amide bonds. The number of aliphatic hydroxyl groups excluding tert-OH is 1. The smallest absolute Gasteiger partial charge is 0.259 e. The fourth-order valence-corrected chi connectivity index (χ4v) is 3.30. The van der Waals surface area contributed by atoms with Crippen molar-refractivity contribution in [1.29, 1.82) is 0 Å². The fraction of sp³-hybridized carbons (Fsp3) is 0.190. The Kier molecular flexibility index (Phi) is 4.47. The molecular weight excluding hydrogens is 330 g/mol. The maximum Gasteiger partial charge on any atom is 0.259 e. The van der Waals surface area contributed by atoms with E-state index in [4.69, 9.17) is 0 Å². The van der Waals surface area contributed by atoms with E-state index < -0.39 is 17.1 Å². The van der Waals surface area contributed by atoms with E-state index in [1.807, 2.05) is 30.3 Å². The molecule has 0 spiro atoms. The van der Waals surface area contributed by atoms with Crippen LogP contribution in [0.3, 0.4) is 0 Å². The summed E-state index contributed by atoms with van der Waals surface area (Å²) >= 11 is 0. The Labute approximate surface area is 151 Å². The first-order valence-corrected chi connectivity index (χ1v) is 8.28. The van der Waals surface area contributed by atoms with Crippen molar-refractivity contribution in [2.24, 2.45) is 0 Å². The van der Waals surface area contributed by atoms with Crippen LogP contribution in [-0.4, -0.2) is 29.1 Å². The van der Waals surface area contributed by atoms with Gasteiger partial charge < -0.3 is 10.4 Å². The highest BCUT2D eigenvalue weighted by atomic mass is 16.3. The molecule has 5 nitrogen and oxygen atoms in total. The molecule has 1 aliphatic carbocycles. The highest BCUT2D eigenvalue weighted by molar-refractivity contribution is 6.28. The first kappa shape index (κ1) is 17.6. The molecule has 0 bridgehead atoms. The van der Waals surface area contributed by atoms with Gasteiger partial charge in [0.25, 0.3) is 5.91 Å². The SMILES string of the molecule is CC(=O)CNC(=O)C1=C(O)[C@](C)(c2ccccc2)c2ccccc2C1=O. The second-order valence-corrected chi connectivity index (χ2v) is 6.47. The normalized spacial score (nSPS) is 19.1. The van der Waals surface area contributed by atoms with Crippen molar-refractivity contribution in [3.05, 3.63) is 82.6 Å². The van der Waals surface area contributed by atoms with Crippen LogP contribution in [-0.2, 0) is 15.0 Å². The average molecular weight is 349 g/mol. The minimum Gasteiger partial charge on any atom is -0.510 e. The van der Waals surface area contributed by atoms with Crippen LogP contribution in [0, 0.1) is 0 Å². The second-order valence-electron chi connectivity index (χ2n) is 6.47. The van der Waals surface area contributed by atoms with Crippen molar-refractivity contribution >= 4 is 17.5 Å². The Bertz CT molecular complexity index is 930. The molecule has 2 aromatic rings. The molecule has 5 heteroatoms. The van der Waals surface area contributed by atoms with Crippen molar-refractivity contribution in [2.75, 3.05) is 6.54 Å². The van der Waals surface area contributed by atoms with Crippen molar-refractivity contribution in [2.45, 2.75) is 19.3 Å². The third-order valence-corrected chi connectivity index (χ3v) is 4.72. The zero-order valence-corrected chi connectivity index (χ0v) is 14.6. The van der Waals surface area contributed by atoms with Gasteiger partial charge in [-0.05, 0) is 25.0 Å². The second kappa shape index (κ2) is 6.59. The van der Waals surface area contributed by atoms with Gasteiger partial charge in [0.15, 0.2) is 0 Å². The number of carbonyl (C=O) groups excluding carboxylic acids is 3. The Morgan fingerprint density at radius 1 is 1.04 bits per heavy atom. The number of ketones is 2. The van der Waals surface area contributed by atoms with Crippen molar-refractivity contribution in [3.63, 3.8) is 0 Å². The van der Waals surface area contributed by atoms with Crippen LogP contribution in [0.4, 0.5) is 0 Å². The lowest BCUT2D eigenvalue weighted by molar-refractivity contribution is -0.122. The van der Waals surface area contributed by atoms with Crippen LogP contribution < -0.4 is 5.32 Å². The summed E-state index contributed by atoms with van der Waals surface area (Å²) in [5.74, 6) is -1.85. The predicted octanol–water partition coefficient (Wildman–Crippen LogP) is 2.71. The van der Waals surface area contributed by atoms with Crippen molar-refractivity contribution < 1.29 is 19.5 Å². The van der Waals surface area contributed by atoms with Gasteiger partial charge in [0.05, 0.1) is 12.0 Å². The van der Waals surface area contributed by atoms with Gasteiger partial charge in [0, 0.05) is 5.56 Å². The van der Waals surface area contributed by atoms with E-state index in [0.29, 0.717) is 11.1 Å². The van der Waals surface area contributed by atoms with E-state index in [2.05, 4.69) is 5.32 Å². The number of rotatable bonds is 4. The molecule has 2 N–H and O–H groups in total. The molecule has 1 atom stereocenters. The number of allylic oxidation sites excluding steroid dienone is 1. The van der Waals surface area contributed by atoms with Gasteiger partial charge in [0.2, 0.25) is 5.78 Å². The Morgan fingerprint density at radius 3 is 2.31 bits per heavy atom. The van der Waals surface area contributed by atoms with E-state index in [0.717, 1.165) is 5.56 Å². The van der Waals surface area contributed by atoms with Gasteiger partial charge in [-0.25, -0.2) is 0 Å². The quantitative estimate of drug-likeness (QED) is 0.832. The van der Waals surface area contributed by atoms with Crippen LogP contribution in [0.5, 0.6) is 0 Å². The molecule has 0 aliphatic heterocycles. The Hall–Kier alpha value is -3.21. The topological polar surface area (TPSA) is 83.5 Å². The van der Waals surface area contributed by atoms with E-state index in [1.165, 1.54) is 6.92 Å². The van der Waals surface area contributed by atoms with Crippen LogP contribution in [0.15, 0.2) is 65.9 Å². The third kappa shape index (κ3) is 2.71. The molecule has 132 valence electrons. The summed E-state index contributed by atoms with van der Waals surface area (Å²) in [5, 5.41) is 13.4. The van der Waals surface area contributed by atoms with Crippen molar-refractivity contribution in [1.82, 2.24) is 5.32 Å². The van der Waals surface area contributed by atoms with Gasteiger partial charge in [0.1, 0.15) is 17.1 Å². The standard InChI is InChI=1S/C21H19NO4/c1-13(23)12-22-20(26)17-18(24)15-10-6-7-11-16(15)21(2,19(17)25)14-8-4-3-5-9-14/h3-11,25H,12H2,1-2H3,(H,22,26)/t21-/m1/s1. The lowest BCUT2D eigenvalue weighted by atomic mass is 9.67. The van der Waals surface area contributed by atoms with Crippen LogP contribution in [0.25, 0.3) is 0 Å². The molecule has 0 fully saturated rings. The van der Waals surface area contributed by atoms with Crippen LogP contribution in [0.2, 0.25) is 0 Å². The number of carbonyl (C=O) groups is 3. The molecule has 3 rings (SSSR count). The first-order valence-electron chi connectivity index (χ1n) is 8.28. The van der Waals surface area contributed by atoms with Crippen LogP contribution >= 0.6 is 0 Å². The lowest BCUT2D eigenvalue weighted by Gasteiger charge is -2.36. The van der Waals surface area contributed by atoms with E-state index >= 15 is 0 Å². The monoisotopic (exact) mass is 349 g/mol. The molecular formula is C21H19NO4. The van der Waals surface area contributed by atoms with Gasteiger partial charge >= 0.3 is 0 Å². The van der Waals surface area contributed by atoms with Gasteiger partial charge in [-0.3, -0.25) is 14.4 Å². The zero-order chi connectivity index (χ0) is 18.9. The summed E-state index contributed by atoms with van der Waals surface area (Å²) in [4.78, 5) is 36.6. The summed E-state index contributed by atoms with van der Waals surface area (Å²) in [7, 11) is 0.